The summed E-state index contributed by atoms with van der Waals surface area (Å²) in [5.41, 5.74) is -0.384. The number of esters is 3. The first kappa shape index (κ1) is 25.6. The van der Waals surface area contributed by atoms with Gasteiger partial charge >= 0.3 is 17.9 Å². The van der Waals surface area contributed by atoms with Crippen LogP contribution in [0.3, 0.4) is 0 Å². The molecule has 2 heterocycles. The normalized spacial score (nSPS) is 23.8. The maximum Gasteiger partial charge on any atom is 0.332 e. The maximum absolute atomic E-state index is 12.7. The second-order valence-corrected chi connectivity index (χ2v) is 8.21. The van der Waals surface area contributed by atoms with Crippen molar-refractivity contribution in [2.24, 2.45) is 11.8 Å². The summed E-state index contributed by atoms with van der Waals surface area (Å²) in [6.07, 6.45) is -0.800. The van der Waals surface area contributed by atoms with Crippen molar-refractivity contribution in [2.75, 3.05) is 18.1 Å². The quantitative estimate of drug-likeness (QED) is 0.222. The number of amides is 1. The van der Waals surface area contributed by atoms with Crippen LogP contribution in [0.4, 0.5) is 0 Å². The van der Waals surface area contributed by atoms with Gasteiger partial charge in [-0.3, -0.25) is 14.4 Å². The molecule has 176 valence electrons. The third-order valence-electron chi connectivity index (χ3n) is 4.66. The van der Waals surface area contributed by atoms with Gasteiger partial charge in [-0.15, -0.1) is 0 Å². The minimum Gasteiger partial charge on any atom is -0.503 e. The smallest absolute Gasteiger partial charge is 0.332 e. The third kappa shape index (κ3) is 5.99. The molecule has 0 radical (unpaired) electrons. The molecule has 0 aliphatic carbocycles. The summed E-state index contributed by atoms with van der Waals surface area (Å²) < 4.78 is 21.2. The monoisotopic (exact) mass is 564 g/mol. The Balaban J connectivity index is 2.25. The molecular formula is C20H25IN2O9. The number of pyridine rings is 1. The molecule has 2 rings (SSSR count). The van der Waals surface area contributed by atoms with Gasteiger partial charge in [-0.1, -0.05) is 36.4 Å². The number of alkyl halides is 1. The second-order valence-electron chi connectivity index (χ2n) is 7.33. The van der Waals surface area contributed by atoms with Crippen molar-refractivity contribution < 1.29 is 43.2 Å². The summed E-state index contributed by atoms with van der Waals surface area (Å²) in [7, 11) is 1.30. The zero-order valence-corrected chi connectivity index (χ0v) is 20.2. The number of nitrogens with zero attached hydrogens (tertiary/aromatic N) is 1. The number of carbonyl (C=O) groups excluding carboxylic acids is 4. The van der Waals surface area contributed by atoms with Gasteiger partial charge in [-0.25, -0.2) is 9.78 Å². The zero-order valence-electron chi connectivity index (χ0n) is 18.0. The van der Waals surface area contributed by atoms with Gasteiger partial charge in [0.05, 0.1) is 13.0 Å². The number of aromatic nitrogens is 1. The Hall–Kier alpha value is -2.64. The lowest BCUT2D eigenvalue weighted by molar-refractivity contribution is -0.175. The van der Waals surface area contributed by atoms with Gasteiger partial charge in [0.1, 0.15) is 18.6 Å². The fourth-order valence-electron chi connectivity index (χ4n) is 2.83. The van der Waals surface area contributed by atoms with Crippen LogP contribution in [0.1, 0.15) is 31.3 Å². The minimum absolute atomic E-state index is 0.0157. The fraction of sp³-hybridized carbons (Fsp3) is 0.550. The van der Waals surface area contributed by atoms with Gasteiger partial charge in [-0.2, -0.15) is 0 Å². The lowest BCUT2D eigenvalue weighted by Crippen LogP contribution is -2.47. The van der Waals surface area contributed by atoms with E-state index in [1.54, 1.807) is 13.8 Å². The standard InChI is InChI=1S/C20H25IN2O9/c1-9(2)18(26)32-16-10(3)31-20(28)12(8-30-19(27)11(16)7-21)23-17(25)14-15(24)13(29-4)5-6-22-14/h5-6,9-12,16,24H,7-8H2,1-4H3,(H,23,25)/t10-,11+,12-,16-/m0/s1. The van der Waals surface area contributed by atoms with Crippen LogP contribution in [0, 0.1) is 11.8 Å². The van der Waals surface area contributed by atoms with E-state index in [9.17, 15) is 24.3 Å². The average Bonchev–Trinajstić information content (AvgIpc) is 2.78. The molecule has 1 fully saturated rings. The maximum atomic E-state index is 12.7. The van der Waals surface area contributed by atoms with E-state index in [1.165, 1.54) is 26.3 Å². The first-order valence-electron chi connectivity index (χ1n) is 9.77. The van der Waals surface area contributed by atoms with Crippen LogP contribution < -0.4 is 10.1 Å². The minimum atomic E-state index is -1.38. The number of hydrogen-bond acceptors (Lipinski definition) is 10. The van der Waals surface area contributed by atoms with Crippen molar-refractivity contribution in [3.63, 3.8) is 0 Å². The number of carbonyl (C=O) groups is 4. The van der Waals surface area contributed by atoms with Gasteiger partial charge in [0.15, 0.2) is 29.3 Å². The van der Waals surface area contributed by atoms with Crippen molar-refractivity contribution >= 4 is 46.4 Å². The van der Waals surface area contributed by atoms with Crippen LogP contribution in [0.2, 0.25) is 0 Å². The molecule has 0 saturated carbocycles. The number of aromatic hydroxyl groups is 1. The number of rotatable bonds is 6. The molecule has 4 atom stereocenters. The number of ether oxygens (including phenoxy) is 4. The number of hydrogen-bond donors (Lipinski definition) is 2. The summed E-state index contributed by atoms with van der Waals surface area (Å²) in [5.74, 6) is -4.88. The van der Waals surface area contributed by atoms with Crippen LogP contribution >= 0.6 is 22.6 Å². The fourth-order valence-corrected chi connectivity index (χ4v) is 3.69. The molecule has 1 saturated heterocycles. The zero-order chi connectivity index (χ0) is 24.0. The Bertz CT molecular complexity index is 877. The van der Waals surface area contributed by atoms with Gasteiger partial charge in [-0.05, 0) is 6.92 Å². The van der Waals surface area contributed by atoms with Crippen molar-refractivity contribution in [1.29, 1.82) is 0 Å². The molecule has 1 aliphatic rings. The van der Waals surface area contributed by atoms with E-state index < -0.39 is 66.3 Å². The highest BCUT2D eigenvalue weighted by Gasteiger charge is 2.41. The lowest BCUT2D eigenvalue weighted by Gasteiger charge is -2.28. The molecule has 1 aromatic heterocycles. The van der Waals surface area contributed by atoms with Gasteiger partial charge in [0.2, 0.25) is 0 Å². The van der Waals surface area contributed by atoms with Gasteiger partial charge in [0.25, 0.3) is 5.91 Å². The molecule has 11 nitrogen and oxygen atoms in total. The first-order chi connectivity index (χ1) is 15.1. The summed E-state index contributed by atoms with van der Waals surface area (Å²) >= 11 is 1.95. The number of nitrogens with one attached hydrogen (secondary N) is 1. The second kappa shape index (κ2) is 11.3. The molecule has 12 heteroatoms. The molecule has 0 aromatic carbocycles. The highest BCUT2D eigenvalue weighted by Crippen LogP contribution is 2.28. The largest absolute Gasteiger partial charge is 0.503 e. The average molecular weight is 564 g/mol. The highest BCUT2D eigenvalue weighted by molar-refractivity contribution is 14.1. The van der Waals surface area contributed by atoms with Crippen LogP contribution in [-0.2, 0) is 28.6 Å². The van der Waals surface area contributed by atoms with Crippen molar-refractivity contribution in [3.05, 3.63) is 18.0 Å². The van der Waals surface area contributed by atoms with Gasteiger partial charge in [0, 0.05) is 16.7 Å². The third-order valence-corrected chi connectivity index (χ3v) is 5.61. The molecule has 1 aliphatic heterocycles. The molecule has 0 spiro atoms. The first-order valence-corrected chi connectivity index (χ1v) is 11.3. The predicted molar refractivity (Wildman–Crippen MR) is 117 cm³/mol. The Morgan fingerprint density at radius 2 is 2.03 bits per heavy atom. The van der Waals surface area contributed by atoms with E-state index in [0.717, 1.165) is 0 Å². The van der Waals surface area contributed by atoms with Crippen LogP contribution in [0.5, 0.6) is 11.5 Å². The van der Waals surface area contributed by atoms with Gasteiger partial charge < -0.3 is 29.4 Å². The molecule has 0 bridgehead atoms. The number of halogens is 1. The van der Waals surface area contributed by atoms with E-state index in [-0.39, 0.29) is 15.9 Å². The summed E-state index contributed by atoms with van der Waals surface area (Å²) in [5, 5.41) is 12.5. The summed E-state index contributed by atoms with van der Waals surface area (Å²) in [4.78, 5) is 53.8. The van der Waals surface area contributed by atoms with Crippen LogP contribution in [0.15, 0.2) is 12.3 Å². The molecule has 2 N–H and O–H groups in total. The van der Waals surface area contributed by atoms with Crippen LogP contribution in [-0.4, -0.2) is 70.3 Å². The van der Waals surface area contributed by atoms with E-state index in [0.29, 0.717) is 0 Å². The SMILES string of the molecule is COc1ccnc(C(=O)N[C@H]2COC(=O)[C@H](CI)[C@@H](OC(=O)C(C)C)[C@H](C)OC2=O)c1O. The van der Waals surface area contributed by atoms with Crippen molar-refractivity contribution in [3.8, 4) is 11.5 Å². The summed E-state index contributed by atoms with van der Waals surface area (Å²) in [6, 6.07) is -0.0252. The van der Waals surface area contributed by atoms with Crippen molar-refractivity contribution in [1.82, 2.24) is 10.3 Å². The number of cyclic esters (lactones) is 2. The Labute approximate surface area is 198 Å². The van der Waals surface area contributed by atoms with E-state index in [1.807, 2.05) is 22.6 Å². The molecule has 32 heavy (non-hydrogen) atoms. The molecular weight excluding hydrogens is 539 g/mol. The Kier molecular flexibility index (Phi) is 9.04. The number of methoxy groups -OCH3 is 1. The lowest BCUT2D eigenvalue weighted by atomic mass is 10.00. The Morgan fingerprint density at radius 1 is 1.34 bits per heavy atom. The summed E-state index contributed by atoms with van der Waals surface area (Å²) in [6.45, 7) is 4.25. The van der Waals surface area contributed by atoms with E-state index in [2.05, 4.69) is 10.3 Å². The Morgan fingerprint density at radius 3 is 2.62 bits per heavy atom. The predicted octanol–water partition coefficient (Wildman–Crippen LogP) is 1.00. The van der Waals surface area contributed by atoms with Crippen molar-refractivity contribution in [2.45, 2.75) is 39.0 Å². The molecule has 1 aromatic rings. The van der Waals surface area contributed by atoms with Crippen LogP contribution in [0.25, 0.3) is 0 Å². The topological polar surface area (TPSA) is 150 Å². The molecule has 0 unspecified atom stereocenters. The van der Waals surface area contributed by atoms with E-state index in [4.69, 9.17) is 18.9 Å². The highest BCUT2D eigenvalue weighted by atomic mass is 127. The molecule has 1 amide bonds. The van der Waals surface area contributed by atoms with E-state index >= 15 is 0 Å².